The zero-order valence-corrected chi connectivity index (χ0v) is 7.21. The average molecular weight is 180 g/mol. The summed E-state index contributed by atoms with van der Waals surface area (Å²) in [5.74, 6) is 0. The van der Waals surface area contributed by atoms with Gasteiger partial charge < -0.3 is 4.74 Å². The number of hydrazine groups is 1. The molecule has 0 aromatic heterocycles. The van der Waals surface area contributed by atoms with E-state index in [0.29, 0.717) is 26.3 Å². The van der Waals surface area contributed by atoms with E-state index in [1.807, 2.05) is 0 Å². The fourth-order valence-corrected chi connectivity index (χ4v) is 1.30. The van der Waals surface area contributed by atoms with Gasteiger partial charge in [0.25, 0.3) is 0 Å². The first-order chi connectivity index (χ1) is 5.22. The second-order valence-electron chi connectivity index (χ2n) is 2.26. The van der Waals surface area contributed by atoms with Crippen molar-refractivity contribution in [3.63, 3.8) is 0 Å². The number of ether oxygens (including phenoxy) is 1. The SMILES string of the molecule is CN(N1CCOCC1)S(=O)O. The van der Waals surface area contributed by atoms with Gasteiger partial charge in [0.15, 0.2) is 0 Å². The van der Waals surface area contributed by atoms with E-state index in [9.17, 15) is 4.21 Å². The maximum absolute atomic E-state index is 10.6. The zero-order chi connectivity index (χ0) is 8.27. The number of hydrogen-bond acceptors (Lipinski definition) is 3. The Bertz CT molecular complexity index is 149. The van der Waals surface area contributed by atoms with Gasteiger partial charge in [0.05, 0.1) is 13.2 Å². The Labute approximate surface area is 68.3 Å². The second kappa shape index (κ2) is 4.13. The van der Waals surface area contributed by atoms with Crippen LogP contribution in [0.3, 0.4) is 0 Å². The summed E-state index contributed by atoms with van der Waals surface area (Å²) in [4.78, 5) is 0. The van der Waals surface area contributed by atoms with Crippen LogP contribution in [0.4, 0.5) is 0 Å². The third kappa shape index (κ3) is 2.49. The quantitative estimate of drug-likeness (QED) is 0.571. The highest BCUT2D eigenvalue weighted by Crippen LogP contribution is 2.01. The Kier molecular flexibility index (Phi) is 3.41. The van der Waals surface area contributed by atoms with E-state index in [0.717, 1.165) is 0 Å². The van der Waals surface area contributed by atoms with Crippen molar-refractivity contribution < 1.29 is 13.5 Å². The summed E-state index contributed by atoms with van der Waals surface area (Å²) in [5, 5.41) is 1.79. The van der Waals surface area contributed by atoms with Crippen LogP contribution in [0.1, 0.15) is 0 Å². The van der Waals surface area contributed by atoms with Crippen molar-refractivity contribution in [3.05, 3.63) is 0 Å². The Hall–Kier alpha value is -0.0100. The molecule has 11 heavy (non-hydrogen) atoms. The van der Waals surface area contributed by atoms with Crippen LogP contribution in [0.25, 0.3) is 0 Å². The molecule has 0 bridgehead atoms. The zero-order valence-electron chi connectivity index (χ0n) is 6.39. The number of hydrogen-bond donors (Lipinski definition) is 1. The van der Waals surface area contributed by atoms with Crippen LogP contribution in [-0.4, -0.2) is 51.5 Å². The molecule has 66 valence electrons. The van der Waals surface area contributed by atoms with E-state index >= 15 is 0 Å². The first kappa shape index (κ1) is 9.08. The van der Waals surface area contributed by atoms with Crippen LogP contribution in [0.15, 0.2) is 0 Å². The molecule has 1 aliphatic rings. The Morgan fingerprint density at radius 2 is 2.09 bits per heavy atom. The fraction of sp³-hybridized carbons (Fsp3) is 1.00. The van der Waals surface area contributed by atoms with E-state index in [-0.39, 0.29) is 0 Å². The van der Waals surface area contributed by atoms with E-state index in [1.165, 1.54) is 4.41 Å². The highest BCUT2D eigenvalue weighted by molar-refractivity contribution is 7.76. The summed E-state index contributed by atoms with van der Waals surface area (Å²) in [5.41, 5.74) is 0. The van der Waals surface area contributed by atoms with E-state index in [1.54, 1.807) is 12.1 Å². The molecule has 1 heterocycles. The lowest BCUT2D eigenvalue weighted by Gasteiger charge is -2.31. The van der Waals surface area contributed by atoms with Gasteiger partial charge in [-0.05, 0) is 0 Å². The van der Waals surface area contributed by atoms with E-state index < -0.39 is 11.3 Å². The van der Waals surface area contributed by atoms with Crippen molar-refractivity contribution in [3.8, 4) is 0 Å². The molecular formula is C5H12N2O3S. The molecule has 1 aliphatic heterocycles. The lowest BCUT2D eigenvalue weighted by molar-refractivity contribution is -0.0316. The van der Waals surface area contributed by atoms with Crippen LogP contribution >= 0.6 is 0 Å². The van der Waals surface area contributed by atoms with Gasteiger partial charge in [-0.2, -0.15) is 0 Å². The molecule has 0 spiro atoms. The van der Waals surface area contributed by atoms with E-state index in [2.05, 4.69) is 0 Å². The van der Waals surface area contributed by atoms with Crippen molar-refractivity contribution in [2.24, 2.45) is 0 Å². The Morgan fingerprint density at radius 1 is 1.55 bits per heavy atom. The normalized spacial score (nSPS) is 23.9. The first-order valence-corrected chi connectivity index (χ1v) is 4.45. The van der Waals surface area contributed by atoms with Gasteiger partial charge in [0.2, 0.25) is 11.3 Å². The van der Waals surface area contributed by atoms with Gasteiger partial charge in [-0.15, -0.1) is 4.41 Å². The summed E-state index contributed by atoms with van der Waals surface area (Å²) < 4.78 is 25.6. The number of nitrogens with zero attached hydrogens (tertiary/aromatic N) is 2. The summed E-state index contributed by atoms with van der Waals surface area (Å²) in [6.07, 6.45) is 0. The van der Waals surface area contributed by atoms with Crippen molar-refractivity contribution in [1.29, 1.82) is 0 Å². The molecule has 0 aromatic rings. The molecule has 1 rings (SSSR count). The van der Waals surface area contributed by atoms with Crippen molar-refractivity contribution in [2.45, 2.75) is 0 Å². The van der Waals surface area contributed by atoms with Crippen molar-refractivity contribution in [1.82, 2.24) is 9.42 Å². The maximum atomic E-state index is 10.6. The van der Waals surface area contributed by atoms with E-state index in [4.69, 9.17) is 9.29 Å². The molecule has 1 N–H and O–H groups in total. The highest BCUT2D eigenvalue weighted by atomic mass is 32.2. The molecule has 0 saturated carbocycles. The average Bonchev–Trinajstić information content (AvgIpc) is 2.05. The molecule has 6 heteroatoms. The summed E-state index contributed by atoms with van der Waals surface area (Å²) in [7, 11) is 1.58. The lowest BCUT2D eigenvalue weighted by Crippen LogP contribution is -2.47. The number of morpholine rings is 1. The topological polar surface area (TPSA) is 53.0 Å². The third-order valence-electron chi connectivity index (χ3n) is 1.61. The first-order valence-electron chi connectivity index (χ1n) is 3.39. The minimum Gasteiger partial charge on any atom is -0.379 e. The van der Waals surface area contributed by atoms with Gasteiger partial charge in [-0.3, -0.25) is 4.55 Å². The predicted molar refractivity (Wildman–Crippen MR) is 40.9 cm³/mol. The molecule has 1 fully saturated rings. The van der Waals surface area contributed by atoms with Gasteiger partial charge >= 0.3 is 0 Å². The standard InChI is InChI=1S/C5H12N2O3S/c1-6(11(8)9)7-2-4-10-5-3-7/h2-5H2,1H3,(H,8,9). The molecule has 0 aliphatic carbocycles. The van der Waals surface area contributed by atoms with Crippen molar-refractivity contribution in [2.75, 3.05) is 33.4 Å². The lowest BCUT2D eigenvalue weighted by atomic mass is 10.5. The van der Waals surface area contributed by atoms with Crippen LogP contribution in [0, 0.1) is 0 Å². The molecule has 0 aromatic carbocycles. The van der Waals surface area contributed by atoms with Crippen LogP contribution < -0.4 is 0 Å². The molecule has 1 atom stereocenters. The molecule has 0 radical (unpaired) electrons. The summed E-state index contributed by atoms with van der Waals surface area (Å²) >= 11 is -1.90. The van der Waals surface area contributed by atoms with Gasteiger partial charge in [0, 0.05) is 20.1 Å². The Balaban J connectivity index is 2.38. The summed E-state index contributed by atoms with van der Waals surface area (Å²) in [6, 6.07) is 0. The number of rotatable bonds is 2. The minimum absolute atomic E-state index is 0.627. The smallest absolute Gasteiger partial charge is 0.248 e. The minimum atomic E-state index is -1.90. The molecule has 5 nitrogen and oxygen atoms in total. The van der Waals surface area contributed by atoms with Crippen LogP contribution in [-0.2, 0) is 16.0 Å². The fourth-order valence-electron chi connectivity index (χ4n) is 0.934. The van der Waals surface area contributed by atoms with Crippen LogP contribution in [0.5, 0.6) is 0 Å². The molecular weight excluding hydrogens is 168 g/mol. The van der Waals surface area contributed by atoms with Crippen LogP contribution in [0.2, 0.25) is 0 Å². The molecule has 1 saturated heterocycles. The van der Waals surface area contributed by atoms with Gasteiger partial charge in [-0.25, -0.2) is 9.22 Å². The summed E-state index contributed by atoms with van der Waals surface area (Å²) in [6.45, 7) is 2.62. The van der Waals surface area contributed by atoms with Gasteiger partial charge in [0.1, 0.15) is 0 Å². The largest absolute Gasteiger partial charge is 0.379 e. The Morgan fingerprint density at radius 3 is 2.55 bits per heavy atom. The maximum Gasteiger partial charge on any atom is 0.248 e. The molecule has 0 amide bonds. The second-order valence-corrected chi connectivity index (χ2v) is 3.25. The van der Waals surface area contributed by atoms with Crippen molar-refractivity contribution >= 4 is 11.3 Å². The monoisotopic (exact) mass is 180 g/mol. The highest BCUT2D eigenvalue weighted by Gasteiger charge is 2.17. The van der Waals surface area contributed by atoms with Gasteiger partial charge in [-0.1, -0.05) is 0 Å². The molecule has 1 unspecified atom stereocenters. The predicted octanol–water partition coefficient (Wildman–Crippen LogP) is -0.698. The third-order valence-corrected chi connectivity index (χ3v) is 2.29.